The molecule has 0 aliphatic rings. The first-order valence-corrected chi connectivity index (χ1v) is 4.36. The van der Waals surface area contributed by atoms with Crippen molar-refractivity contribution in [3.8, 4) is 0 Å². The number of carbonyl (C=O) groups is 1. The number of benzene rings is 1. The number of hydrogen-bond donors (Lipinski definition) is 3. The van der Waals surface area contributed by atoms with Crippen molar-refractivity contribution in [1.82, 2.24) is 15.0 Å². The number of hydrogen-bond acceptors (Lipinski definition) is 4. The zero-order valence-corrected chi connectivity index (χ0v) is 7.84. The van der Waals surface area contributed by atoms with Crippen LogP contribution in [-0.2, 0) is 11.3 Å². The quantitative estimate of drug-likeness (QED) is 0.480. The Bertz CT molecular complexity index is 506. The van der Waals surface area contributed by atoms with Crippen molar-refractivity contribution in [2.24, 2.45) is 0 Å². The van der Waals surface area contributed by atoms with Gasteiger partial charge < -0.3 is 10.3 Å². The second-order valence-corrected chi connectivity index (χ2v) is 3.08. The smallest absolute Gasteiger partial charge is 0.263 e. The third-order valence-corrected chi connectivity index (χ3v) is 2.11. The van der Waals surface area contributed by atoms with Gasteiger partial charge in [-0.05, 0) is 12.1 Å². The molecule has 0 aliphatic carbocycles. The molecule has 0 saturated heterocycles. The number of anilines is 1. The van der Waals surface area contributed by atoms with Crippen LogP contribution in [-0.4, -0.2) is 20.7 Å². The molecule has 0 aliphatic heterocycles. The van der Waals surface area contributed by atoms with E-state index in [1.807, 2.05) is 18.2 Å². The Labute approximate surface area is 85.3 Å². The van der Waals surface area contributed by atoms with Crippen molar-refractivity contribution in [2.75, 3.05) is 5.73 Å². The van der Waals surface area contributed by atoms with Crippen LogP contribution in [0.1, 0.15) is 0 Å². The van der Waals surface area contributed by atoms with Gasteiger partial charge in [-0.2, -0.15) is 0 Å². The zero-order chi connectivity index (χ0) is 10.8. The number of nitrogens with two attached hydrogens (primary N) is 1. The molecule has 0 unspecified atom stereocenters. The molecule has 78 valence electrons. The van der Waals surface area contributed by atoms with E-state index in [2.05, 4.69) is 4.98 Å². The number of rotatable bonds is 2. The van der Waals surface area contributed by atoms with Crippen molar-refractivity contribution >= 4 is 22.9 Å². The number of nitrogens with one attached hydrogen (secondary N) is 1. The van der Waals surface area contributed by atoms with Gasteiger partial charge in [0.1, 0.15) is 6.54 Å². The van der Waals surface area contributed by atoms with Crippen LogP contribution in [0.4, 0.5) is 5.95 Å². The lowest BCUT2D eigenvalue weighted by Gasteiger charge is -2.03. The van der Waals surface area contributed by atoms with Gasteiger partial charge in [0.25, 0.3) is 5.91 Å². The summed E-state index contributed by atoms with van der Waals surface area (Å²) in [4.78, 5) is 15.1. The molecule has 0 bridgehead atoms. The highest BCUT2D eigenvalue weighted by molar-refractivity contribution is 5.82. The van der Waals surface area contributed by atoms with E-state index >= 15 is 0 Å². The number of amides is 1. The van der Waals surface area contributed by atoms with Gasteiger partial charge in [0, 0.05) is 0 Å². The fraction of sp³-hybridized carbons (Fsp3) is 0.111. The van der Waals surface area contributed by atoms with Gasteiger partial charge in [0.2, 0.25) is 5.95 Å². The fourth-order valence-electron chi connectivity index (χ4n) is 1.44. The molecule has 1 aromatic carbocycles. The maximum absolute atomic E-state index is 11.0. The van der Waals surface area contributed by atoms with Crippen LogP contribution in [0.15, 0.2) is 24.3 Å². The molecule has 1 aromatic heterocycles. The predicted molar refractivity (Wildman–Crippen MR) is 54.1 cm³/mol. The number of nitrogen functional groups attached to an aromatic ring is 1. The molecule has 6 heteroatoms. The fourth-order valence-corrected chi connectivity index (χ4v) is 1.44. The molecule has 1 heterocycles. The van der Waals surface area contributed by atoms with E-state index in [9.17, 15) is 4.79 Å². The molecule has 15 heavy (non-hydrogen) atoms. The molecule has 6 nitrogen and oxygen atoms in total. The van der Waals surface area contributed by atoms with Crippen molar-refractivity contribution in [1.29, 1.82) is 0 Å². The van der Waals surface area contributed by atoms with Crippen LogP contribution in [0.25, 0.3) is 11.0 Å². The molecular weight excluding hydrogens is 196 g/mol. The van der Waals surface area contributed by atoms with Gasteiger partial charge in [-0.1, -0.05) is 12.1 Å². The van der Waals surface area contributed by atoms with Crippen LogP contribution in [0, 0.1) is 0 Å². The molecule has 0 atom stereocenters. The highest BCUT2D eigenvalue weighted by Gasteiger charge is 2.10. The number of aromatic nitrogens is 2. The summed E-state index contributed by atoms with van der Waals surface area (Å²) in [6.07, 6.45) is 0. The minimum absolute atomic E-state index is 0.0527. The van der Waals surface area contributed by atoms with Crippen molar-refractivity contribution in [3.05, 3.63) is 24.3 Å². The summed E-state index contributed by atoms with van der Waals surface area (Å²) in [5, 5.41) is 8.42. The van der Waals surface area contributed by atoms with Crippen LogP contribution in [0.5, 0.6) is 0 Å². The summed E-state index contributed by atoms with van der Waals surface area (Å²) in [5.41, 5.74) is 8.68. The molecule has 2 rings (SSSR count). The second kappa shape index (κ2) is 3.58. The van der Waals surface area contributed by atoms with E-state index in [-0.39, 0.29) is 12.5 Å². The summed E-state index contributed by atoms with van der Waals surface area (Å²) in [5.74, 6) is -0.287. The first-order chi connectivity index (χ1) is 7.22. The third-order valence-electron chi connectivity index (χ3n) is 2.11. The topological polar surface area (TPSA) is 93.2 Å². The predicted octanol–water partition coefficient (Wildman–Crippen LogP) is 0.124. The molecular formula is C9H10N4O2. The summed E-state index contributed by atoms with van der Waals surface area (Å²) < 4.78 is 1.53. The number of hydroxylamine groups is 1. The molecule has 4 N–H and O–H groups in total. The standard InChI is InChI=1S/C9H10N4O2/c10-9-11-6-3-1-2-4-7(6)13(9)5-8(14)12-15/h1-4,15H,5H2,(H2,10,11)(H,12,14). The lowest BCUT2D eigenvalue weighted by Crippen LogP contribution is -2.24. The summed E-state index contributed by atoms with van der Waals surface area (Å²) in [6, 6.07) is 7.28. The maximum Gasteiger partial charge on any atom is 0.263 e. The third kappa shape index (κ3) is 1.62. The van der Waals surface area contributed by atoms with Crippen LogP contribution >= 0.6 is 0 Å². The number of para-hydroxylation sites is 2. The van der Waals surface area contributed by atoms with Crippen molar-refractivity contribution in [3.63, 3.8) is 0 Å². The molecule has 1 amide bonds. The van der Waals surface area contributed by atoms with Crippen LogP contribution in [0.2, 0.25) is 0 Å². The Kier molecular flexibility index (Phi) is 2.26. The minimum Gasteiger partial charge on any atom is -0.369 e. The molecule has 0 spiro atoms. The number of nitrogens with zero attached hydrogens (tertiary/aromatic N) is 2. The highest BCUT2D eigenvalue weighted by Crippen LogP contribution is 2.16. The van der Waals surface area contributed by atoms with Gasteiger partial charge in [-0.15, -0.1) is 0 Å². The lowest BCUT2D eigenvalue weighted by molar-refractivity contribution is -0.129. The Morgan fingerprint density at radius 2 is 2.27 bits per heavy atom. The Morgan fingerprint density at radius 1 is 1.53 bits per heavy atom. The van der Waals surface area contributed by atoms with E-state index in [0.29, 0.717) is 0 Å². The molecule has 0 radical (unpaired) electrons. The minimum atomic E-state index is -0.537. The van der Waals surface area contributed by atoms with E-state index in [1.165, 1.54) is 4.57 Å². The monoisotopic (exact) mass is 206 g/mol. The normalized spacial score (nSPS) is 10.5. The van der Waals surface area contributed by atoms with E-state index < -0.39 is 5.91 Å². The maximum atomic E-state index is 11.0. The van der Waals surface area contributed by atoms with Crippen molar-refractivity contribution < 1.29 is 10.0 Å². The lowest BCUT2D eigenvalue weighted by atomic mass is 10.3. The average molecular weight is 206 g/mol. The summed E-state index contributed by atoms with van der Waals surface area (Å²) in [6.45, 7) is -0.0527. The second-order valence-electron chi connectivity index (χ2n) is 3.08. The highest BCUT2D eigenvalue weighted by atomic mass is 16.5. The van der Waals surface area contributed by atoms with Gasteiger partial charge in [-0.25, -0.2) is 10.5 Å². The SMILES string of the molecule is Nc1nc2ccccc2n1CC(=O)NO. The van der Waals surface area contributed by atoms with E-state index in [1.54, 1.807) is 11.5 Å². The Hall–Kier alpha value is -2.08. The van der Waals surface area contributed by atoms with Gasteiger partial charge in [-0.3, -0.25) is 10.0 Å². The Morgan fingerprint density at radius 3 is 3.00 bits per heavy atom. The molecule has 2 aromatic rings. The molecule has 0 fully saturated rings. The van der Waals surface area contributed by atoms with Crippen LogP contribution < -0.4 is 11.2 Å². The first-order valence-electron chi connectivity index (χ1n) is 4.36. The largest absolute Gasteiger partial charge is 0.369 e. The number of carbonyl (C=O) groups excluding carboxylic acids is 1. The van der Waals surface area contributed by atoms with Gasteiger partial charge >= 0.3 is 0 Å². The van der Waals surface area contributed by atoms with Gasteiger partial charge in [0.15, 0.2) is 0 Å². The van der Waals surface area contributed by atoms with E-state index in [4.69, 9.17) is 10.9 Å². The number of fused-ring (bicyclic) bond motifs is 1. The molecule has 0 saturated carbocycles. The van der Waals surface area contributed by atoms with E-state index in [0.717, 1.165) is 11.0 Å². The van der Waals surface area contributed by atoms with Gasteiger partial charge in [0.05, 0.1) is 11.0 Å². The van der Waals surface area contributed by atoms with Crippen molar-refractivity contribution in [2.45, 2.75) is 6.54 Å². The first kappa shape index (κ1) is 9.47. The average Bonchev–Trinajstić information content (AvgIpc) is 2.55. The summed E-state index contributed by atoms with van der Waals surface area (Å²) >= 11 is 0. The number of imidazole rings is 1. The summed E-state index contributed by atoms with van der Waals surface area (Å²) in [7, 11) is 0. The zero-order valence-electron chi connectivity index (χ0n) is 7.84. The van der Waals surface area contributed by atoms with Crippen LogP contribution in [0.3, 0.4) is 0 Å². The Balaban J connectivity index is 2.49.